The van der Waals surface area contributed by atoms with E-state index in [1.165, 1.54) is 6.33 Å². The quantitative estimate of drug-likeness (QED) is 0.399. The predicted octanol–water partition coefficient (Wildman–Crippen LogP) is 4.17. The number of hydrogen-bond donors (Lipinski definition) is 2. The summed E-state index contributed by atoms with van der Waals surface area (Å²) in [6.45, 7) is 1.61. The molecular formula is C24H17N7O2. The van der Waals surface area contributed by atoms with Gasteiger partial charge in [-0.2, -0.15) is 0 Å². The molecule has 0 aliphatic rings. The summed E-state index contributed by atoms with van der Waals surface area (Å²) in [6.07, 6.45) is 4.96. The maximum Gasteiger partial charge on any atom is 0.300 e. The molecule has 2 aromatic carbocycles. The number of rotatable bonds is 5. The maximum atomic E-state index is 11.8. The van der Waals surface area contributed by atoms with E-state index in [1.54, 1.807) is 23.7 Å². The number of nitrogens with one attached hydrogen (secondary N) is 2. The number of carbonyl (C=O) groups excluding carboxylic acids is 1. The summed E-state index contributed by atoms with van der Waals surface area (Å²) >= 11 is 0. The third-order valence-electron chi connectivity index (χ3n) is 4.76. The number of ether oxygens (including phenoxy) is 1. The first-order chi connectivity index (χ1) is 16.2. The molecule has 0 saturated carbocycles. The number of carbonyl (C=O) groups is 1. The molecule has 0 bridgehead atoms. The fourth-order valence-electron chi connectivity index (χ4n) is 3.25. The van der Waals surface area contributed by atoms with Gasteiger partial charge < -0.3 is 15.4 Å². The smallest absolute Gasteiger partial charge is 0.300 e. The second-order valence-electron chi connectivity index (χ2n) is 6.99. The average Bonchev–Trinajstić information content (AvgIpc) is 3.29. The van der Waals surface area contributed by atoms with Crippen LogP contribution in [0.15, 0.2) is 73.4 Å². The zero-order valence-electron chi connectivity index (χ0n) is 17.5. The zero-order valence-corrected chi connectivity index (χ0v) is 17.5. The van der Waals surface area contributed by atoms with Gasteiger partial charge in [-0.3, -0.25) is 9.20 Å². The molecule has 1 amide bonds. The Balaban J connectivity index is 1.35. The lowest BCUT2D eigenvalue weighted by atomic mass is 10.2. The molecule has 160 valence electrons. The van der Waals surface area contributed by atoms with Gasteiger partial charge in [0.2, 0.25) is 0 Å². The standard InChI is InChI=1S/C24H17N7O2/c1-2-3-23(32)28-17-6-9-21-20(12-17)24(26-14-25-21)29-16-4-7-18(8-5-16)33-19-10-11-31-15-27-30-22(31)13-19/h4-15H,1H3,(H,28,32)(H,25,26,29). The van der Waals surface area contributed by atoms with E-state index in [2.05, 4.69) is 42.6 Å². The Morgan fingerprint density at radius 3 is 2.70 bits per heavy atom. The third kappa shape index (κ3) is 4.40. The highest BCUT2D eigenvalue weighted by Crippen LogP contribution is 2.28. The van der Waals surface area contributed by atoms with Crippen LogP contribution in [0, 0.1) is 11.8 Å². The van der Waals surface area contributed by atoms with Crippen LogP contribution in [0.2, 0.25) is 0 Å². The van der Waals surface area contributed by atoms with E-state index in [0.29, 0.717) is 28.7 Å². The highest BCUT2D eigenvalue weighted by atomic mass is 16.5. The zero-order chi connectivity index (χ0) is 22.6. The van der Waals surface area contributed by atoms with Crippen LogP contribution in [0.4, 0.5) is 17.2 Å². The lowest BCUT2D eigenvalue weighted by Crippen LogP contribution is -2.08. The van der Waals surface area contributed by atoms with Gasteiger partial charge in [0.05, 0.1) is 5.52 Å². The Morgan fingerprint density at radius 2 is 1.85 bits per heavy atom. The van der Waals surface area contributed by atoms with Gasteiger partial charge in [-0.25, -0.2) is 9.97 Å². The van der Waals surface area contributed by atoms with Gasteiger partial charge >= 0.3 is 0 Å². The number of amides is 1. The number of anilines is 3. The summed E-state index contributed by atoms with van der Waals surface area (Å²) in [5, 5.41) is 14.7. The van der Waals surface area contributed by atoms with E-state index in [9.17, 15) is 4.79 Å². The van der Waals surface area contributed by atoms with Crippen molar-refractivity contribution in [3.8, 4) is 23.3 Å². The summed E-state index contributed by atoms with van der Waals surface area (Å²) < 4.78 is 7.72. The fourth-order valence-corrected chi connectivity index (χ4v) is 3.25. The van der Waals surface area contributed by atoms with E-state index in [4.69, 9.17) is 4.74 Å². The summed E-state index contributed by atoms with van der Waals surface area (Å²) in [4.78, 5) is 20.4. The maximum absolute atomic E-state index is 11.8. The Morgan fingerprint density at radius 1 is 1.00 bits per heavy atom. The summed E-state index contributed by atoms with van der Waals surface area (Å²) in [5.41, 5.74) is 2.89. The Hall–Kier alpha value is -4.97. The van der Waals surface area contributed by atoms with Crippen LogP contribution in [0.5, 0.6) is 11.5 Å². The molecule has 3 aromatic heterocycles. The van der Waals surface area contributed by atoms with E-state index < -0.39 is 0 Å². The first-order valence-corrected chi connectivity index (χ1v) is 10.0. The number of pyridine rings is 1. The Labute approximate surface area is 188 Å². The molecule has 0 aliphatic heterocycles. The van der Waals surface area contributed by atoms with Crippen LogP contribution in [0.3, 0.4) is 0 Å². The number of hydrogen-bond acceptors (Lipinski definition) is 7. The third-order valence-corrected chi connectivity index (χ3v) is 4.76. The highest BCUT2D eigenvalue weighted by Gasteiger charge is 2.08. The van der Waals surface area contributed by atoms with Crippen molar-refractivity contribution in [3.63, 3.8) is 0 Å². The molecule has 0 fully saturated rings. The number of nitrogens with zero attached hydrogens (tertiary/aromatic N) is 5. The minimum atomic E-state index is -0.373. The van der Waals surface area contributed by atoms with Crippen molar-refractivity contribution in [1.29, 1.82) is 0 Å². The molecule has 0 radical (unpaired) electrons. The van der Waals surface area contributed by atoms with Crippen molar-refractivity contribution >= 4 is 39.6 Å². The topological polar surface area (TPSA) is 106 Å². The van der Waals surface area contributed by atoms with Crippen LogP contribution in [-0.2, 0) is 4.79 Å². The fraction of sp³-hybridized carbons (Fsp3) is 0.0417. The van der Waals surface area contributed by atoms with E-state index in [-0.39, 0.29) is 5.91 Å². The predicted molar refractivity (Wildman–Crippen MR) is 124 cm³/mol. The molecule has 5 rings (SSSR count). The van der Waals surface area contributed by atoms with E-state index >= 15 is 0 Å². The summed E-state index contributed by atoms with van der Waals surface area (Å²) in [7, 11) is 0. The average molecular weight is 435 g/mol. The van der Waals surface area contributed by atoms with Crippen LogP contribution in [0.1, 0.15) is 6.92 Å². The summed E-state index contributed by atoms with van der Waals surface area (Å²) in [5.74, 6) is 6.63. The normalized spacial score (nSPS) is 10.5. The van der Waals surface area contributed by atoms with Gasteiger partial charge in [0, 0.05) is 29.0 Å². The lowest BCUT2D eigenvalue weighted by Gasteiger charge is -2.11. The highest BCUT2D eigenvalue weighted by molar-refractivity contribution is 6.05. The Kier molecular flexibility index (Phi) is 5.23. The number of fused-ring (bicyclic) bond motifs is 2. The second kappa shape index (κ2) is 8.64. The first kappa shape index (κ1) is 20.0. The number of benzene rings is 2. The monoisotopic (exact) mass is 435 g/mol. The van der Waals surface area contributed by atoms with Crippen LogP contribution < -0.4 is 15.4 Å². The molecule has 5 aromatic rings. The van der Waals surface area contributed by atoms with Gasteiger partial charge in [-0.1, -0.05) is 5.92 Å². The van der Waals surface area contributed by atoms with Crippen molar-refractivity contribution in [3.05, 3.63) is 73.4 Å². The van der Waals surface area contributed by atoms with E-state index in [1.807, 2.05) is 54.7 Å². The molecule has 0 saturated heterocycles. The number of aromatic nitrogens is 5. The van der Waals surface area contributed by atoms with Gasteiger partial charge in [-0.05, 0) is 61.4 Å². The molecule has 0 unspecified atom stereocenters. The second-order valence-corrected chi connectivity index (χ2v) is 6.99. The lowest BCUT2D eigenvalue weighted by molar-refractivity contribution is -0.111. The Bertz CT molecular complexity index is 1530. The van der Waals surface area contributed by atoms with Gasteiger partial charge in [0.15, 0.2) is 5.65 Å². The summed E-state index contributed by atoms with van der Waals surface area (Å²) in [6, 6.07) is 16.6. The van der Waals surface area contributed by atoms with Crippen LogP contribution in [0.25, 0.3) is 16.6 Å². The van der Waals surface area contributed by atoms with E-state index in [0.717, 1.165) is 16.6 Å². The van der Waals surface area contributed by atoms with Crippen LogP contribution in [-0.4, -0.2) is 30.5 Å². The molecule has 0 spiro atoms. The molecular weight excluding hydrogens is 418 g/mol. The first-order valence-electron chi connectivity index (χ1n) is 10.0. The molecule has 0 aliphatic carbocycles. The van der Waals surface area contributed by atoms with Crippen molar-refractivity contribution in [2.75, 3.05) is 10.6 Å². The van der Waals surface area contributed by atoms with Gasteiger partial charge in [0.25, 0.3) is 5.91 Å². The molecule has 0 atom stereocenters. The minimum absolute atomic E-state index is 0.373. The molecule has 3 heterocycles. The van der Waals surface area contributed by atoms with Crippen molar-refractivity contribution in [2.45, 2.75) is 6.92 Å². The molecule has 2 N–H and O–H groups in total. The van der Waals surface area contributed by atoms with Gasteiger partial charge in [-0.15, -0.1) is 10.2 Å². The van der Waals surface area contributed by atoms with Crippen molar-refractivity contribution in [1.82, 2.24) is 24.6 Å². The SMILES string of the molecule is CC#CC(=O)Nc1ccc2ncnc(Nc3ccc(Oc4ccn5cnnc5c4)cc3)c2c1. The molecule has 9 heteroatoms. The van der Waals surface area contributed by atoms with Crippen LogP contribution >= 0.6 is 0 Å². The van der Waals surface area contributed by atoms with Crippen molar-refractivity contribution < 1.29 is 9.53 Å². The largest absolute Gasteiger partial charge is 0.457 e. The van der Waals surface area contributed by atoms with Crippen molar-refractivity contribution in [2.24, 2.45) is 0 Å². The van der Waals surface area contributed by atoms with Gasteiger partial charge in [0.1, 0.15) is 30.0 Å². The molecule has 33 heavy (non-hydrogen) atoms. The molecule has 9 nitrogen and oxygen atoms in total. The minimum Gasteiger partial charge on any atom is -0.457 e.